The third-order valence-corrected chi connectivity index (χ3v) is 4.18. The summed E-state index contributed by atoms with van der Waals surface area (Å²) in [6.07, 6.45) is 0. The molecule has 2 unspecified atom stereocenters. The molecule has 1 amide bonds. The molecule has 0 saturated carbocycles. The molecule has 0 spiro atoms. The van der Waals surface area contributed by atoms with Crippen LogP contribution in [-0.4, -0.2) is 21.1 Å². The zero-order chi connectivity index (χ0) is 11.9. The van der Waals surface area contributed by atoms with Crippen molar-refractivity contribution in [3.8, 4) is 0 Å². The van der Waals surface area contributed by atoms with Crippen LogP contribution in [0.3, 0.4) is 0 Å². The maximum Gasteiger partial charge on any atom is 0.240 e. The molecule has 0 aromatic heterocycles. The predicted octanol–water partition coefficient (Wildman–Crippen LogP) is 1.34. The summed E-state index contributed by atoms with van der Waals surface area (Å²) in [4.78, 5) is 23.1. The van der Waals surface area contributed by atoms with Gasteiger partial charge in [-0.3, -0.25) is 13.8 Å². The minimum Gasteiger partial charge on any atom is -0.324 e. The standard InChI is InChI=1S/C11H11NO3S/c1-6(13)8-3-4-9-10(5-8)16(15)7(2)11(14)12-9/h3-5,7H,1-2H3,(H,12,14). The molecule has 2 atom stereocenters. The van der Waals surface area contributed by atoms with Crippen molar-refractivity contribution in [2.75, 3.05) is 5.32 Å². The number of benzene rings is 1. The summed E-state index contributed by atoms with van der Waals surface area (Å²) in [6.45, 7) is 3.06. The van der Waals surface area contributed by atoms with E-state index in [4.69, 9.17) is 0 Å². The summed E-state index contributed by atoms with van der Waals surface area (Å²) in [5.74, 6) is -0.328. The first-order chi connectivity index (χ1) is 7.50. The first kappa shape index (κ1) is 11.0. The number of anilines is 1. The Labute approximate surface area is 95.5 Å². The normalized spacial score (nSPS) is 23.5. The van der Waals surface area contributed by atoms with E-state index in [2.05, 4.69) is 5.32 Å². The van der Waals surface area contributed by atoms with E-state index < -0.39 is 16.0 Å². The first-order valence-corrected chi connectivity index (χ1v) is 6.08. The van der Waals surface area contributed by atoms with Gasteiger partial charge in [0.05, 0.1) is 21.4 Å². The Kier molecular flexibility index (Phi) is 2.63. The highest BCUT2D eigenvalue weighted by molar-refractivity contribution is 7.86. The lowest BCUT2D eigenvalue weighted by Gasteiger charge is -2.21. The van der Waals surface area contributed by atoms with E-state index in [0.717, 1.165) is 0 Å². The van der Waals surface area contributed by atoms with Crippen LogP contribution in [0.5, 0.6) is 0 Å². The topological polar surface area (TPSA) is 63.2 Å². The van der Waals surface area contributed by atoms with Crippen LogP contribution in [0.15, 0.2) is 23.1 Å². The van der Waals surface area contributed by atoms with Gasteiger partial charge in [-0.05, 0) is 32.0 Å². The highest BCUT2D eigenvalue weighted by atomic mass is 32.2. The molecule has 1 aliphatic rings. The van der Waals surface area contributed by atoms with Gasteiger partial charge in [-0.2, -0.15) is 0 Å². The highest BCUT2D eigenvalue weighted by Crippen LogP contribution is 2.28. The molecule has 1 aromatic rings. The van der Waals surface area contributed by atoms with E-state index in [0.29, 0.717) is 16.1 Å². The van der Waals surface area contributed by atoms with Gasteiger partial charge in [0.2, 0.25) is 5.91 Å². The molecule has 0 saturated heterocycles. The molecule has 5 heteroatoms. The zero-order valence-corrected chi connectivity index (χ0v) is 9.76. The number of ketones is 1. The van der Waals surface area contributed by atoms with E-state index in [1.807, 2.05) is 0 Å². The molecular formula is C11H11NO3S. The summed E-state index contributed by atoms with van der Waals surface area (Å²) in [6, 6.07) is 4.83. The Hall–Kier alpha value is -1.49. The molecule has 4 nitrogen and oxygen atoms in total. The van der Waals surface area contributed by atoms with Crippen LogP contribution >= 0.6 is 0 Å². The van der Waals surface area contributed by atoms with Gasteiger partial charge in [0.25, 0.3) is 0 Å². The van der Waals surface area contributed by atoms with Crippen molar-refractivity contribution in [1.29, 1.82) is 0 Å². The van der Waals surface area contributed by atoms with Crippen LogP contribution in [0.1, 0.15) is 24.2 Å². The monoisotopic (exact) mass is 237 g/mol. The molecule has 1 aromatic carbocycles. The van der Waals surface area contributed by atoms with Crippen molar-refractivity contribution in [2.45, 2.75) is 24.0 Å². The molecule has 0 bridgehead atoms. The van der Waals surface area contributed by atoms with Gasteiger partial charge in [-0.15, -0.1) is 0 Å². The second kappa shape index (κ2) is 3.83. The van der Waals surface area contributed by atoms with Gasteiger partial charge in [-0.25, -0.2) is 0 Å². The highest BCUT2D eigenvalue weighted by Gasteiger charge is 2.29. The predicted molar refractivity (Wildman–Crippen MR) is 60.9 cm³/mol. The van der Waals surface area contributed by atoms with Crippen LogP contribution in [0.25, 0.3) is 0 Å². The molecule has 0 aliphatic carbocycles. The fraction of sp³-hybridized carbons (Fsp3) is 0.273. The Bertz CT molecular complexity index is 510. The van der Waals surface area contributed by atoms with E-state index >= 15 is 0 Å². The lowest BCUT2D eigenvalue weighted by molar-refractivity contribution is -0.115. The van der Waals surface area contributed by atoms with Crippen LogP contribution in [0, 0.1) is 0 Å². The SMILES string of the molecule is CC(=O)c1ccc2c(c1)S(=O)C(C)C(=O)N2. The Morgan fingerprint density at radius 1 is 1.44 bits per heavy atom. The van der Waals surface area contributed by atoms with E-state index in [9.17, 15) is 13.8 Å². The second-order valence-electron chi connectivity index (χ2n) is 3.70. The minimum absolute atomic E-state index is 0.0793. The quantitative estimate of drug-likeness (QED) is 0.750. The Morgan fingerprint density at radius 3 is 2.75 bits per heavy atom. The van der Waals surface area contributed by atoms with E-state index in [-0.39, 0.29) is 11.7 Å². The molecule has 16 heavy (non-hydrogen) atoms. The maximum absolute atomic E-state index is 11.9. The average Bonchev–Trinajstić information content (AvgIpc) is 2.25. The minimum atomic E-state index is -1.38. The largest absolute Gasteiger partial charge is 0.324 e. The summed E-state index contributed by atoms with van der Waals surface area (Å²) < 4.78 is 11.9. The first-order valence-electron chi connectivity index (χ1n) is 4.87. The molecular weight excluding hydrogens is 226 g/mol. The van der Waals surface area contributed by atoms with Crippen molar-refractivity contribution >= 4 is 28.2 Å². The fourth-order valence-corrected chi connectivity index (χ4v) is 2.75. The van der Waals surface area contributed by atoms with Gasteiger partial charge < -0.3 is 5.32 Å². The van der Waals surface area contributed by atoms with Gasteiger partial charge >= 0.3 is 0 Å². The third kappa shape index (κ3) is 1.67. The van der Waals surface area contributed by atoms with Crippen LogP contribution in [0.4, 0.5) is 5.69 Å². The number of carbonyl (C=O) groups is 2. The van der Waals surface area contributed by atoms with Crippen molar-refractivity contribution in [2.24, 2.45) is 0 Å². The van der Waals surface area contributed by atoms with E-state index in [1.54, 1.807) is 25.1 Å². The molecule has 1 heterocycles. The van der Waals surface area contributed by atoms with Gasteiger partial charge in [0, 0.05) is 5.56 Å². The maximum atomic E-state index is 11.9. The van der Waals surface area contributed by atoms with Crippen LogP contribution in [0.2, 0.25) is 0 Å². The number of Topliss-reactive ketones (excluding diaryl/α,β-unsaturated/α-hetero) is 1. The lowest BCUT2D eigenvalue weighted by Crippen LogP contribution is -2.34. The smallest absolute Gasteiger partial charge is 0.240 e. The number of rotatable bonds is 1. The van der Waals surface area contributed by atoms with E-state index in [1.165, 1.54) is 6.92 Å². The van der Waals surface area contributed by atoms with Gasteiger partial charge in [-0.1, -0.05) is 0 Å². The van der Waals surface area contributed by atoms with Crippen LogP contribution in [-0.2, 0) is 15.6 Å². The zero-order valence-electron chi connectivity index (χ0n) is 8.94. The Morgan fingerprint density at radius 2 is 2.12 bits per heavy atom. The van der Waals surface area contributed by atoms with Gasteiger partial charge in [0.1, 0.15) is 5.25 Å². The van der Waals surface area contributed by atoms with Crippen molar-refractivity contribution in [3.05, 3.63) is 23.8 Å². The number of carbonyl (C=O) groups excluding carboxylic acids is 2. The number of fused-ring (bicyclic) bond motifs is 1. The molecule has 0 fully saturated rings. The molecule has 0 radical (unpaired) electrons. The van der Waals surface area contributed by atoms with Crippen molar-refractivity contribution in [1.82, 2.24) is 0 Å². The number of amides is 1. The number of hydrogen-bond acceptors (Lipinski definition) is 3. The fourth-order valence-electron chi connectivity index (χ4n) is 1.53. The molecule has 1 aliphatic heterocycles. The summed E-state index contributed by atoms with van der Waals surface area (Å²) >= 11 is 0. The number of nitrogens with one attached hydrogen (secondary N) is 1. The lowest BCUT2D eigenvalue weighted by atomic mass is 10.1. The molecule has 84 valence electrons. The summed E-state index contributed by atoms with van der Waals surface area (Å²) in [5, 5.41) is 2.09. The Balaban J connectivity index is 2.55. The summed E-state index contributed by atoms with van der Waals surface area (Å²) in [7, 11) is -1.38. The molecule has 2 rings (SSSR count). The second-order valence-corrected chi connectivity index (χ2v) is 5.44. The molecule has 1 N–H and O–H groups in total. The van der Waals surface area contributed by atoms with Gasteiger partial charge in [0.15, 0.2) is 5.78 Å². The summed E-state index contributed by atoms with van der Waals surface area (Å²) in [5.41, 5.74) is 1.04. The third-order valence-electron chi connectivity index (χ3n) is 2.55. The number of hydrogen-bond donors (Lipinski definition) is 1. The van der Waals surface area contributed by atoms with Crippen molar-refractivity contribution in [3.63, 3.8) is 0 Å². The van der Waals surface area contributed by atoms with Crippen LogP contribution < -0.4 is 5.32 Å². The van der Waals surface area contributed by atoms with Crippen molar-refractivity contribution < 1.29 is 13.8 Å². The average molecular weight is 237 g/mol.